The second-order valence-corrected chi connectivity index (χ2v) is 8.98. The van der Waals surface area contributed by atoms with Crippen LogP contribution in [-0.4, -0.2) is 25.7 Å². The Morgan fingerprint density at radius 1 is 1.20 bits per heavy atom. The average molecular weight is 414 g/mol. The third-order valence-corrected chi connectivity index (χ3v) is 6.55. The van der Waals surface area contributed by atoms with Crippen molar-refractivity contribution in [3.05, 3.63) is 53.0 Å². The van der Waals surface area contributed by atoms with Gasteiger partial charge in [0.15, 0.2) is 4.34 Å². The van der Waals surface area contributed by atoms with Crippen LogP contribution in [0, 0.1) is 0 Å². The Hall–Kier alpha value is -1.81. The van der Waals surface area contributed by atoms with Crippen LogP contribution in [0.5, 0.6) is 5.75 Å². The van der Waals surface area contributed by atoms with Gasteiger partial charge in [-0.2, -0.15) is 0 Å². The Kier molecular flexibility index (Phi) is 5.48. The van der Waals surface area contributed by atoms with E-state index in [1.54, 1.807) is 17.6 Å². The second kappa shape index (κ2) is 7.61. The second-order valence-electron chi connectivity index (χ2n) is 4.73. The van der Waals surface area contributed by atoms with Gasteiger partial charge in [0.05, 0.1) is 17.0 Å². The summed E-state index contributed by atoms with van der Waals surface area (Å²) in [4.78, 5) is 0.998. The highest BCUT2D eigenvalue weighted by Gasteiger charge is 2.16. The molecule has 0 saturated heterocycles. The van der Waals surface area contributed by atoms with E-state index in [1.165, 1.54) is 48.4 Å². The lowest BCUT2D eigenvalue weighted by Gasteiger charge is -2.10. The van der Waals surface area contributed by atoms with Crippen LogP contribution in [0.3, 0.4) is 0 Å². The van der Waals surface area contributed by atoms with E-state index in [9.17, 15) is 8.42 Å². The number of rotatable bonds is 6. The Morgan fingerprint density at radius 2 is 1.96 bits per heavy atom. The lowest BCUT2D eigenvalue weighted by Crippen LogP contribution is -2.12. The van der Waals surface area contributed by atoms with E-state index in [2.05, 4.69) is 14.9 Å². The van der Waals surface area contributed by atoms with Gasteiger partial charge >= 0.3 is 0 Å². The molecule has 3 aromatic rings. The highest BCUT2D eigenvalue weighted by molar-refractivity contribution is 8.01. The normalized spacial score (nSPS) is 11.3. The number of methoxy groups -OCH3 is 1. The standard InChI is InChI=1S/C15H12ClN3O3S3/c1-22-14-7-6-12(8-13(14)16)25(20,21)19-10-2-4-11(5-3-10)24-15-18-17-9-23-15/h2-9,19H,1H3. The van der Waals surface area contributed by atoms with Crippen molar-refractivity contribution in [3.8, 4) is 5.75 Å². The highest BCUT2D eigenvalue weighted by Crippen LogP contribution is 2.30. The third-order valence-electron chi connectivity index (χ3n) is 3.09. The summed E-state index contributed by atoms with van der Waals surface area (Å²) in [5, 5.41) is 7.96. The summed E-state index contributed by atoms with van der Waals surface area (Å²) in [5.41, 5.74) is 2.11. The molecule has 1 aromatic heterocycles. The zero-order valence-electron chi connectivity index (χ0n) is 12.8. The van der Waals surface area contributed by atoms with Crippen molar-refractivity contribution < 1.29 is 13.2 Å². The summed E-state index contributed by atoms with van der Waals surface area (Å²) < 4.78 is 33.3. The number of hydrogen-bond donors (Lipinski definition) is 1. The van der Waals surface area contributed by atoms with Crippen molar-refractivity contribution in [1.29, 1.82) is 0 Å². The van der Waals surface area contributed by atoms with Gasteiger partial charge in [-0.15, -0.1) is 10.2 Å². The first-order valence-corrected chi connectivity index (χ1v) is 10.4. The predicted molar refractivity (Wildman–Crippen MR) is 99.3 cm³/mol. The van der Waals surface area contributed by atoms with Crippen molar-refractivity contribution in [3.63, 3.8) is 0 Å². The van der Waals surface area contributed by atoms with Gasteiger partial charge in [-0.1, -0.05) is 34.7 Å². The molecule has 0 spiro atoms. The van der Waals surface area contributed by atoms with Crippen molar-refractivity contribution in [2.24, 2.45) is 0 Å². The molecular formula is C15H12ClN3O3S3. The summed E-state index contributed by atoms with van der Waals surface area (Å²) in [6, 6.07) is 11.3. The molecule has 0 atom stereocenters. The quantitative estimate of drug-likeness (QED) is 0.653. The maximum atomic E-state index is 12.5. The first-order valence-electron chi connectivity index (χ1n) is 6.88. The topological polar surface area (TPSA) is 81.2 Å². The molecule has 25 heavy (non-hydrogen) atoms. The number of nitrogens with zero attached hydrogens (tertiary/aromatic N) is 2. The van der Waals surface area contributed by atoms with E-state index >= 15 is 0 Å². The molecule has 0 amide bonds. The van der Waals surface area contributed by atoms with Crippen LogP contribution in [0.1, 0.15) is 0 Å². The van der Waals surface area contributed by atoms with E-state index in [4.69, 9.17) is 16.3 Å². The zero-order chi connectivity index (χ0) is 17.9. The molecule has 0 aliphatic rings. The monoisotopic (exact) mass is 413 g/mol. The fourth-order valence-electron chi connectivity index (χ4n) is 1.93. The number of nitrogens with one attached hydrogen (secondary N) is 1. The summed E-state index contributed by atoms with van der Waals surface area (Å²) in [5.74, 6) is 0.415. The van der Waals surface area contributed by atoms with E-state index in [0.29, 0.717) is 11.4 Å². The predicted octanol–water partition coefficient (Wildman–Crippen LogP) is 4.15. The average Bonchev–Trinajstić information content (AvgIpc) is 3.09. The minimum atomic E-state index is -3.74. The van der Waals surface area contributed by atoms with Crippen LogP contribution in [0.25, 0.3) is 0 Å². The third kappa shape index (κ3) is 4.43. The molecule has 10 heteroatoms. The van der Waals surface area contributed by atoms with Crippen LogP contribution in [0.2, 0.25) is 5.02 Å². The highest BCUT2D eigenvalue weighted by atomic mass is 35.5. The van der Waals surface area contributed by atoms with Crippen molar-refractivity contribution >= 4 is 50.4 Å². The maximum absolute atomic E-state index is 12.5. The zero-order valence-corrected chi connectivity index (χ0v) is 16.0. The molecule has 3 rings (SSSR count). The van der Waals surface area contributed by atoms with Crippen LogP contribution >= 0.6 is 34.7 Å². The summed E-state index contributed by atoms with van der Waals surface area (Å²) in [6.45, 7) is 0. The van der Waals surface area contributed by atoms with Crippen molar-refractivity contribution in [1.82, 2.24) is 10.2 Å². The van der Waals surface area contributed by atoms with Gasteiger partial charge in [0.1, 0.15) is 11.3 Å². The molecule has 1 N–H and O–H groups in total. The SMILES string of the molecule is COc1ccc(S(=O)(=O)Nc2ccc(Sc3nncs3)cc2)cc1Cl. The molecule has 2 aromatic carbocycles. The van der Waals surface area contributed by atoms with E-state index in [0.717, 1.165) is 9.24 Å². The van der Waals surface area contributed by atoms with Gasteiger partial charge in [0.2, 0.25) is 0 Å². The molecule has 0 aliphatic heterocycles. The van der Waals surface area contributed by atoms with E-state index < -0.39 is 10.0 Å². The number of benzene rings is 2. The minimum Gasteiger partial charge on any atom is -0.495 e. The number of anilines is 1. The van der Waals surface area contributed by atoms with E-state index in [1.807, 2.05) is 12.1 Å². The van der Waals surface area contributed by atoms with Crippen LogP contribution < -0.4 is 9.46 Å². The van der Waals surface area contributed by atoms with Crippen molar-refractivity contribution in [2.45, 2.75) is 14.1 Å². The van der Waals surface area contributed by atoms with E-state index in [-0.39, 0.29) is 9.92 Å². The molecule has 130 valence electrons. The smallest absolute Gasteiger partial charge is 0.261 e. The molecular weight excluding hydrogens is 402 g/mol. The lowest BCUT2D eigenvalue weighted by molar-refractivity contribution is 0.414. The number of ether oxygens (including phenoxy) is 1. The van der Waals surface area contributed by atoms with Gasteiger partial charge in [-0.25, -0.2) is 8.42 Å². The maximum Gasteiger partial charge on any atom is 0.261 e. The summed E-state index contributed by atoms with van der Waals surface area (Å²) >= 11 is 8.90. The van der Waals surface area contributed by atoms with Crippen LogP contribution in [-0.2, 0) is 10.0 Å². The molecule has 0 fully saturated rings. The fraction of sp³-hybridized carbons (Fsp3) is 0.0667. The molecule has 0 radical (unpaired) electrons. The molecule has 0 unspecified atom stereocenters. The Morgan fingerprint density at radius 3 is 2.56 bits per heavy atom. The van der Waals surface area contributed by atoms with Crippen LogP contribution in [0.4, 0.5) is 5.69 Å². The Labute approximate surface area is 158 Å². The Bertz CT molecular complexity index is 961. The summed E-state index contributed by atoms with van der Waals surface area (Å²) in [7, 11) is -2.27. The van der Waals surface area contributed by atoms with Crippen molar-refractivity contribution in [2.75, 3.05) is 11.8 Å². The lowest BCUT2D eigenvalue weighted by atomic mass is 10.3. The first-order chi connectivity index (χ1) is 12.0. The number of halogens is 1. The molecule has 0 bridgehead atoms. The molecule has 0 saturated carbocycles. The van der Waals surface area contributed by atoms with Crippen LogP contribution in [0.15, 0.2) is 62.1 Å². The van der Waals surface area contributed by atoms with Gasteiger partial charge in [-0.05, 0) is 42.5 Å². The van der Waals surface area contributed by atoms with Gasteiger partial charge < -0.3 is 4.74 Å². The largest absolute Gasteiger partial charge is 0.495 e. The number of aromatic nitrogens is 2. The first kappa shape index (κ1) is 18.0. The number of sulfonamides is 1. The van der Waals surface area contributed by atoms with Gasteiger partial charge in [0.25, 0.3) is 10.0 Å². The molecule has 0 aliphatic carbocycles. The minimum absolute atomic E-state index is 0.0608. The summed E-state index contributed by atoms with van der Waals surface area (Å²) in [6.07, 6.45) is 0. The Balaban J connectivity index is 1.75. The van der Waals surface area contributed by atoms with Gasteiger partial charge in [-0.3, -0.25) is 4.72 Å². The fourth-order valence-corrected chi connectivity index (χ4v) is 4.79. The molecule has 6 nitrogen and oxygen atoms in total. The molecule has 1 heterocycles. The van der Waals surface area contributed by atoms with Gasteiger partial charge in [0, 0.05) is 10.6 Å². The number of hydrogen-bond acceptors (Lipinski definition) is 7.